The number of aromatic carboxylic acids is 1. The van der Waals surface area contributed by atoms with Crippen LogP contribution in [0.4, 0.5) is 20.3 Å². The van der Waals surface area contributed by atoms with Gasteiger partial charge in [-0.2, -0.15) is 5.26 Å². The fraction of sp³-hybridized carbons (Fsp3) is 0.375. The van der Waals surface area contributed by atoms with Crippen LogP contribution in [0.25, 0.3) is 11.0 Å². The number of nitriles is 1. The Morgan fingerprint density at radius 2 is 2.09 bits per heavy atom. The maximum atomic E-state index is 13.4. The van der Waals surface area contributed by atoms with Crippen molar-refractivity contribution >= 4 is 40.1 Å². The van der Waals surface area contributed by atoms with Gasteiger partial charge in [0.25, 0.3) is 0 Å². The van der Waals surface area contributed by atoms with Gasteiger partial charge in [-0.15, -0.1) is 0 Å². The molecular weight excluding hydrogens is 478 g/mol. The zero-order valence-electron chi connectivity index (χ0n) is 19.1. The van der Waals surface area contributed by atoms with Crippen LogP contribution in [0.15, 0.2) is 24.3 Å². The predicted molar refractivity (Wildman–Crippen MR) is 128 cm³/mol. The van der Waals surface area contributed by atoms with E-state index in [0.717, 1.165) is 5.56 Å². The summed E-state index contributed by atoms with van der Waals surface area (Å²) in [5.41, 5.74) is 2.72. The molecule has 8 nitrogen and oxygen atoms in total. The van der Waals surface area contributed by atoms with Crippen molar-refractivity contribution in [3.63, 3.8) is 0 Å². The van der Waals surface area contributed by atoms with E-state index in [1.165, 1.54) is 12.1 Å². The highest BCUT2D eigenvalue weighted by Gasteiger charge is 2.30. The zero-order chi connectivity index (χ0) is 25.3. The molecule has 11 heteroatoms. The molecule has 1 aromatic carbocycles. The molecule has 1 aliphatic rings. The number of nitrogens with zero attached hydrogens (tertiary/aromatic N) is 5. The minimum atomic E-state index is -2.45. The Bertz CT molecular complexity index is 1330. The Balaban J connectivity index is 1.78. The summed E-state index contributed by atoms with van der Waals surface area (Å²) in [7, 11) is 0. The topological polar surface area (TPSA) is 115 Å². The van der Waals surface area contributed by atoms with E-state index in [2.05, 4.69) is 21.4 Å². The first-order chi connectivity index (χ1) is 16.7. The lowest BCUT2D eigenvalue weighted by Crippen LogP contribution is -2.39. The Morgan fingerprint density at radius 3 is 2.77 bits per heavy atom. The highest BCUT2D eigenvalue weighted by Crippen LogP contribution is 2.32. The molecule has 0 amide bonds. The Labute approximate surface area is 205 Å². The summed E-state index contributed by atoms with van der Waals surface area (Å²) in [5.74, 6) is -1.74. The van der Waals surface area contributed by atoms with Gasteiger partial charge in [0, 0.05) is 24.6 Å². The number of carbonyl (C=O) groups is 1. The van der Waals surface area contributed by atoms with Crippen LogP contribution >= 0.6 is 11.6 Å². The van der Waals surface area contributed by atoms with Crippen molar-refractivity contribution in [3.05, 3.63) is 51.9 Å². The van der Waals surface area contributed by atoms with Crippen LogP contribution in [0.5, 0.6) is 0 Å². The number of carboxylic acid groups (broad SMARTS) is 1. The molecule has 1 aliphatic heterocycles. The molecule has 182 valence electrons. The van der Waals surface area contributed by atoms with E-state index in [9.17, 15) is 23.9 Å². The van der Waals surface area contributed by atoms with Crippen LogP contribution < -0.4 is 10.2 Å². The van der Waals surface area contributed by atoms with Crippen molar-refractivity contribution in [1.82, 2.24) is 15.0 Å². The Morgan fingerprint density at radius 1 is 1.31 bits per heavy atom. The van der Waals surface area contributed by atoms with Gasteiger partial charge in [-0.05, 0) is 50.5 Å². The van der Waals surface area contributed by atoms with Crippen molar-refractivity contribution in [1.29, 1.82) is 5.26 Å². The molecule has 2 atom stereocenters. The van der Waals surface area contributed by atoms with Gasteiger partial charge in [0.05, 0.1) is 22.8 Å². The fourth-order valence-electron chi connectivity index (χ4n) is 4.38. The van der Waals surface area contributed by atoms with E-state index in [0.29, 0.717) is 36.0 Å². The number of rotatable bonds is 6. The zero-order valence-corrected chi connectivity index (χ0v) is 19.9. The summed E-state index contributed by atoms with van der Waals surface area (Å²) in [6.45, 7) is 4.31. The third-order valence-corrected chi connectivity index (χ3v) is 6.26. The van der Waals surface area contributed by atoms with Crippen LogP contribution in [0.2, 0.25) is 5.15 Å². The number of benzene rings is 1. The van der Waals surface area contributed by atoms with Gasteiger partial charge in [-0.1, -0.05) is 17.7 Å². The maximum Gasteiger partial charge on any atom is 0.356 e. The van der Waals surface area contributed by atoms with Gasteiger partial charge in [0.1, 0.15) is 11.2 Å². The molecular formula is C24H23ClF2N6O2. The van der Waals surface area contributed by atoms with E-state index in [-0.39, 0.29) is 34.6 Å². The van der Waals surface area contributed by atoms with Crippen LogP contribution in [-0.4, -0.2) is 45.5 Å². The second-order valence-electron chi connectivity index (χ2n) is 8.61. The number of hydrogen-bond acceptors (Lipinski definition) is 7. The molecule has 2 N–H and O–H groups in total. The van der Waals surface area contributed by atoms with Crippen molar-refractivity contribution in [2.24, 2.45) is 5.92 Å². The number of anilines is 2. The van der Waals surface area contributed by atoms with Gasteiger partial charge in [-0.3, -0.25) is 0 Å². The predicted octanol–water partition coefficient (Wildman–Crippen LogP) is 5.21. The van der Waals surface area contributed by atoms with Gasteiger partial charge in [0.2, 0.25) is 6.43 Å². The van der Waals surface area contributed by atoms with Crippen LogP contribution in [0, 0.1) is 24.2 Å². The fourth-order valence-corrected chi connectivity index (χ4v) is 4.53. The van der Waals surface area contributed by atoms with Crippen LogP contribution in [-0.2, 0) is 0 Å². The summed E-state index contributed by atoms with van der Waals surface area (Å²) >= 11 is 5.86. The van der Waals surface area contributed by atoms with Crippen molar-refractivity contribution in [2.45, 2.75) is 39.2 Å². The molecule has 3 aromatic rings. The molecule has 0 spiro atoms. The monoisotopic (exact) mass is 500 g/mol. The lowest BCUT2D eigenvalue weighted by atomic mass is 9.98. The van der Waals surface area contributed by atoms with Crippen LogP contribution in [0.1, 0.15) is 53.1 Å². The number of nitrogens with one attached hydrogen (secondary N) is 1. The maximum absolute atomic E-state index is 13.4. The number of alkyl halides is 2. The van der Waals surface area contributed by atoms with Gasteiger partial charge in [0.15, 0.2) is 17.2 Å². The lowest BCUT2D eigenvalue weighted by molar-refractivity contribution is 0.0682. The number of aromatic nitrogens is 3. The number of halogens is 3. The quantitative estimate of drug-likeness (QED) is 0.443. The van der Waals surface area contributed by atoms with Gasteiger partial charge >= 0.3 is 5.97 Å². The van der Waals surface area contributed by atoms with E-state index >= 15 is 0 Å². The average Bonchev–Trinajstić information content (AvgIpc) is 2.83. The smallest absolute Gasteiger partial charge is 0.356 e. The SMILES string of the molecule is Cc1cc(C(C)Nc2ccc(Cl)nc2C(=O)O)c2nc(N3CCCC(C(F)F)C3)c(C#N)nc2c1. The van der Waals surface area contributed by atoms with E-state index in [4.69, 9.17) is 16.6 Å². The summed E-state index contributed by atoms with van der Waals surface area (Å²) in [4.78, 5) is 26.5. The Hall–Kier alpha value is -3.58. The molecule has 3 heterocycles. The standard InChI is InChI=1S/C24H23ClF2N6O2/c1-12-8-15(13(2)29-16-5-6-19(25)31-21(16)24(34)35)20-17(9-12)30-18(10-28)23(32-20)33-7-3-4-14(11-33)22(26)27/h5-6,8-9,13-14,22,29H,3-4,7,11H2,1-2H3,(H,34,35). The average molecular weight is 501 g/mol. The number of fused-ring (bicyclic) bond motifs is 1. The van der Waals surface area contributed by atoms with E-state index < -0.39 is 24.4 Å². The molecule has 35 heavy (non-hydrogen) atoms. The van der Waals surface area contributed by atoms with E-state index in [1.807, 2.05) is 19.9 Å². The van der Waals surface area contributed by atoms with Crippen molar-refractivity contribution in [2.75, 3.05) is 23.3 Å². The number of aryl methyl sites for hydroxylation is 1. The highest BCUT2D eigenvalue weighted by molar-refractivity contribution is 6.29. The molecule has 2 aromatic heterocycles. The van der Waals surface area contributed by atoms with Crippen molar-refractivity contribution < 1.29 is 18.7 Å². The van der Waals surface area contributed by atoms with Gasteiger partial charge in [-0.25, -0.2) is 28.5 Å². The minimum absolute atomic E-state index is 0.0600. The second kappa shape index (κ2) is 9.96. The number of pyridine rings is 1. The van der Waals surface area contributed by atoms with Crippen LogP contribution in [0.3, 0.4) is 0 Å². The molecule has 1 saturated heterocycles. The van der Waals surface area contributed by atoms with Crippen molar-refractivity contribution in [3.8, 4) is 6.07 Å². The third-order valence-electron chi connectivity index (χ3n) is 6.05. The molecule has 2 unspecified atom stereocenters. The van der Waals surface area contributed by atoms with E-state index in [1.54, 1.807) is 11.0 Å². The molecule has 0 radical (unpaired) electrons. The first-order valence-corrected chi connectivity index (χ1v) is 11.5. The number of carboxylic acids is 1. The van der Waals surface area contributed by atoms with Gasteiger partial charge < -0.3 is 15.3 Å². The highest BCUT2D eigenvalue weighted by atomic mass is 35.5. The first kappa shape index (κ1) is 24.5. The molecule has 0 saturated carbocycles. The lowest BCUT2D eigenvalue weighted by Gasteiger charge is -2.33. The molecule has 0 aliphatic carbocycles. The summed E-state index contributed by atoms with van der Waals surface area (Å²) < 4.78 is 26.8. The molecule has 1 fully saturated rings. The normalized spacial score (nSPS) is 16.8. The minimum Gasteiger partial charge on any atom is -0.476 e. The molecule has 4 rings (SSSR count). The Kier molecular flexibility index (Phi) is 6.98. The number of hydrogen-bond donors (Lipinski definition) is 2. The second-order valence-corrected chi connectivity index (χ2v) is 9.00. The third kappa shape index (κ3) is 5.10. The summed E-state index contributed by atoms with van der Waals surface area (Å²) in [6, 6.07) is 8.35. The summed E-state index contributed by atoms with van der Waals surface area (Å²) in [5, 5.41) is 22.5. The molecule has 0 bridgehead atoms. The first-order valence-electron chi connectivity index (χ1n) is 11.1. The summed E-state index contributed by atoms with van der Waals surface area (Å²) in [6.07, 6.45) is -1.46. The number of piperidine rings is 1. The largest absolute Gasteiger partial charge is 0.476 e.